The molecule has 8 nitrogen and oxygen atoms in total. The maximum absolute atomic E-state index is 14.2. The van der Waals surface area contributed by atoms with E-state index in [9.17, 15) is 23.9 Å². The Kier molecular flexibility index (Phi) is 9.16. The lowest BCUT2D eigenvalue weighted by molar-refractivity contribution is -0.131. The summed E-state index contributed by atoms with van der Waals surface area (Å²) in [4.78, 5) is 35.9. The van der Waals surface area contributed by atoms with Gasteiger partial charge in [0, 0.05) is 11.6 Å². The number of aliphatic carboxylic acids is 1. The van der Waals surface area contributed by atoms with Crippen molar-refractivity contribution >= 4 is 18.0 Å². The number of carboxylic acids is 1. The topological polar surface area (TPSA) is 122 Å². The third-order valence-electron chi connectivity index (χ3n) is 5.03. The van der Waals surface area contributed by atoms with Crippen LogP contribution in [0.4, 0.5) is 9.18 Å². The number of amides is 2. The van der Waals surface area contributed by atoms with Crippen LogP contribution in [-0.4, -0.2) is 34.3 Å². The van der Waals surface area contributed by atoms with E-state index in [2.05, 4.69) is 5.32 Å². The average Bonchev–Trinajstić information content (AvgIpc) is 2.87. The van der Waals surface area contributed by atoms with Gasteiger partial charge in [-0.05, 0) is 54.8 Å². The minimum absolute atomic E-state index is 0.163. The summed E-state index contributed by atoms with van der Waals surface area (Å²) < 4.78 is 25.8. The zero-order valence-corrected chi connectivity index (χ0v) is 19.0. The summed E-state index contributed by atoms with van der Waals surface area (Å²) in [5.41, 5.74) is 0.397. The molecule has 3 rings (SSSR count). The number of ether oxygens (including phenoxy) is 2. The smallest absolute Gasteiger partial charge is 0.414 e. The average molecular weight is 493 g/mol. The van der Waals surface area contributed by atoms with Gasteiger partial charge in [-0.25, -0.2) is 14.0 Å². The Balaban J connectivity index is 1.89. The Morgan fingerprint density at radius 3 is 2.28 bits per heavy atom. The van der Waals surface area contributed by atoms with Crippen molar-refractivity contribution in [3.63, 3.8) is 0 Å². The third-order valence-corrected chi connectivity index (χ3v) is 5.03. The molecule has 0 aliphatic carbocycles. The molecule has 9 heteroatoms. The van der Waals surface area contributed by atoms with E-state index in [1.807, 2.05) is 0 Å². The van der Waals surface area contributed by atoms with Gasteiger partial charge < -0.3 is 19.7 Å². The number of alkyl carbamates (subject to hydrolysis) is 1. The van der Waals surface area contributed by atoms with Gasteiger partial charge in [0.1, 0.15) is 11.9 Å². The molecule has 0 radical (unpaired) electrons. The highest BCUT2D eigenvalue weighted by molar-refractivity contribution is 6.02. The molecule has 3 aromatic rings. The number of rotatable bonds is 10. The molecule has 36 heavy (non-hydrogen) atoms. The fraction of sp³-hybridized carbons (Fsp3) is 0.148. The first-order valence-electron chi connectivity index (χ1n) is 11.0. The van der Waals surface area contributed by atoms with Gasteiger partial charge >= 0.3 is 12.1 Å². The minimum Gasteiger partial charge on any atom is -0.505 e. The van der Waals surface area contributed by atoms with Gasteiger partial charge in [0.25, 0.3) is 5.91 Å². The van der Waals surface area contributed by atoms with E-state index >= 15 is 0 Å². The molecule has 0 unspecified atom stereocenters. The van der Waals surface area contributed by atoms with Gasteiger partial charge in [-0.15, -0.1) is 0 Å². The van der Waals surface area contributed by atoms with Crippen LogP contribution in [0.2, 0.25) is 0 Å². The number of para-hydroxylation sites is 1. The monoisotopic (exact) mass is 493 g/mol. The van der Waals surface area contributed by atoms with Gasteiger partial charge in [0.05, 0.1) is 0 Å². The van der Waals surface area contributed by atoms with Gasteiger partial charge in [-0.2, -0.15) is 0 Å². The number of phenols is 1. The molecular weight excluding hydrogens is 469 g/mol. The van der Waals surface area contributed by atoms with Crippen LogP contribution in [0.5, 0.6) is 11.5 Å². The summed E-state index contributed by atoms with van der Waals surface area (Å²) in [6.45, 7) is 0. The molecule has 2 amide bonds. The predicted octanol–water partition coefficient (Wildman–Crippen LogP) is 5.01. The number of halogens is 1. The molecule has 186 valence electrons. The number of nitrogens with one attached hydrogen (secondary N) is 1. The fourth-order valence-corrected chi connectivity index (χ4v) is 3.35. The van der Waals surface area contributed by atoms with Crippen molar-refractivity contribution in [1.82, 2.24) is 5.32 Å². The number of carbonyl (C=O) groups is 3. The van der Waals surface area contributed by atoms with Crippen LogP contribution >= 0.6 is 0 Å². The number of hydrogen-bond acceptors (Lipinski definition) is 6. The standard InChI is InChI=1S/C27H24FNO7/c28-21-17-19(15-16-22(21)30)25(36-27(34)29-26(33)18-9-3-1-4-10-18)23(13-7-8-14-24(31)32)35-20-11-5-2-6-12-20/h1-6,8-12,14-17,23,25,30H,7,13H2,(H,31,32)(H,29,33,34)/b14-8+/t23-,25-/m1/s1. The SMILES string of the molecule is O=C(O)/C=C/CC[C@@H](Oc1ccccc1)[C@H](OC(=O)NC(=O)c1ccccc1)c1ccc(O)c(F)c1. The zero-order valence-electron chi connectivity index (χ0n) is 19.0. The van der Waals surface area contributed by atoms with Crippen molar-refractivity contribution in [2.75, 3.05) is 0 Å². The quantitative estimate of drug-likeness (QED) is 0.340. The molecule has 3 aromatic carbocycles. The Hall–Kier alpha value is -4.66. The second kappa shape index (κ2) is 12.7. The van der Waals surface area contributed by atoms with Gasteiger partial charge in [0.15, 0.2) is 17.7 Å². The molecule has 0 heterocycles. The number of phenolic OH excluding ortho intramolecular Hbond substituents is 1. The van der Waals surface area contributed by atoms with Crippen LogP contribution in [0.15, 0.2) is 91.0 Å². The molecule has 0 aliphatic heterocycles. The first kappa shape index (κ1) is 26.0. The van der Waals surface area contributed by atoms with Crippen LogP contribution in [0.1, 0.15) is 34.9 Å². The molecule has 0 aromatic heterocycles. The van der Waals surface area contributed by atoms with E-state index in [0.29, 0.717) is 5.75 Å². The van der Waals surface area contributed by atoms with Gasteiger partial charge in [-0.1, -0.05) is 48.5 Å². The van der Waals surface area contributed by atoms with Crippen LogP contribution in [0, 0.1) is 5.82 Å². The zero-order chi connectivity index (χ0) is 25.9. The number of benzene rings is 3. The van der Waals surface area contributed by atoms with Crippen LogP contribution < -0.4 is 10.1 Å². The molecule has 0 aliphatic rings. The first-order chi connectivity index (χ1) is 17.3. The number of aromatic hydroxyl groups is 1. The lowest BCUT2D eigenvalue weighted by Gasteiger charge is -2.28. The Labute approximate surface area is 206 Å². The van der Waals surface area contributed by atoms with E-state index < -0.39 is 41.7 Å². The maximum Gasteiger partial charge on any atom is 0.414 e. The van der Waals surface area contributed by atoms with Crippen molar-refractivity contribution < 1.29 is 38.5 Å². The maximum atomic E-state index is 14.2. The highest BCUT2D eigenvalue weighted by Gasteiger charge is 2.30. The lowest BCUT2D eigenvalue weighted by atomic mass is 9.99. The van der Waals surface area contributed by atoms with Gasteiger partial charge in [0.2, 0.25) is 0 Å². The van der Waals surface area contributed by atoms with E-state index in [0.717, 1.165) is 18.2 Å². The summed E-state index contributed by atoms with van der Waals surface area (Å²) in [6.07, 6.45) is -0.432. The van der Waals surface area contributed by atoms with Crippen LogP contribution in [0.3, 0.4) is 0 Å². The minimum atomic E-state index is -1.22. The van der Waals surface area contributed by atoms with E-state index in [1.165, 1.54) is 24.3 Å². The van der Waals surface area contributed by atoms with Gasteiger partial charge in [-0.3, -0.25) is 10.1 Å². The molecule has 0 saturated carbocycles. The molecule has 0 spiro atoms. The fourth-order valence-electron chi connectivity index (χ4n) is 3.35. The number of carboxylic acid groups (broad SMARTS) is 1. The van der Waals surface area contributed by atoms with Crippen molar-refractivity contribution in [3.05, 3.63) is 108 Å². The number of imide groups is 1. The van der Waals surface area contributed by atoms with E-state index in [-0.39, 0.29) is 24.0 Å². The normalized spacial score (nSPS) is 12.5. The van der Waals surface area contributed by atoms with Crippen molar-refractivity contribution in [2.24, 2.45) is 0 Å². The summed E-state index contributed by atoms with van der Waals surface area (Å²) in [6, 6.07) is 20.1. The molecule has 0 bridgehead atoms. The lowest BCUT2D eigenvalue weighted by Crippen LogP contribution is -2.36. The number of carbonyl (C=O) groups excluding carboxylic acids is 2. The molecule has 0 saturated heterocycles. The molecule has 0 fully saturated rings. The Morgan fingerprint density at radius 1 is 0.972 bits per heavy atom. The summed E-state index contributed by atoms with van der Waals surface area (Å²) in [5, 5.41) is 20.6. The summed E-state index contributed by atoms with van der Waals surface area (Å²) in [5.74, 6) is -2.92. The second-order valence-corrected chi connectivity index (χ2v) is 7.64. The number of hydrogen-bond donors (Lipinski definition) is 3. The van der Waals surface area contributed by atoms with Crippen molar-refractivity contribution in [2.45, 2.75) is 25.0 Å². The predicted molar refractivity (Wildman–Crippen MR) is 128 cm³/mol. The Morgan fingerprint density at radius 2 is 1.64 bits per heavy atom. The molecule has 2 atom stereocenters. The first-order valence-corrected chi connectivity index (χ1v) is 11.0. The second-order valence-electron chi connectivity index (χ2n) is 7.64. The molecule has 3 N–H and O–H groups in total. The van der Waals surface area contributed by atoms with Crippen LogP contribution in [-0.2, 0) is 9.53 Å². The van der Waals surface area contributed by atoms with E-state index in [1.54, 1.807) is 48.5 Å². The van der Waals surface area contributed by atoms with Crippen LogP contribution in [0.25, 0.3) is 0 Å². The van der Waals surface area contributed by atoms with Crippen molar-refractivity contribution in [3.8, 4) is 11.5 Å². The highest BCUT2D eigenvalue weighted by Crippen LogP contribution is 2.31. The molecular formula is C27H24FNO7. The Bertz CT molecular complexity index is 1220. The van der Waals surface area contributed by atoms with E-state index in [4.69, 9.17) is 14.6 Å². The van der Waals surface area contributed by atoms with Crippen molar-refractivity contribution in [1.29, 1.82) is 0 Å². The summed E-state index contributed by atoms with van der Waals surface area (Å²) in [7, 11) is 0. The number of allylic oxidation sites excluding steroid dienone is 1. The third kappa shape index (κ3) is 7.69. The summed E-state index contributed by atoms with van der Waals surface area (Å²) >= 11 is 0. The highest BCUT2D eigenvalue weighted by atomic mass is 19.1. The largest absolute Gasteiger partial charge is 0.505 e.